The first-order valence-corrected chi connectivity index (χ1v) is 8.24. The molecular formula is C15H23N3O2S. The van der Waals surface area contributed by atoms with Crippen LogP contribution < -0.4 is 16.4 Å². The molecule has 1 heterocycles. The Morgan fingerprint density at radius 3 is 2.76 bits per heavy atom. The number of primary amides is 1. The van der Waals surface area contributed by atoms with Gasteiger partial charge in [-0.05, 0) is 18.5 Å². The summed E-state index contributed by atoms with van der Waals surface area (Å²) in [7, 11) is 0. The second-order valence-electron chi connectivity index (χ2n) is 5.10. The van der Waals surface area contributed by atoms with Crippen molar-refractivity contribution in [2.24, 2.45) is 5.73 Å². The van der Waals surface area contributed by atoms with Crippen LogP contribution in [-0.4, -0.2) is 47.9 Å². The Balaban J connectivity index is 2.20. The summed E-state index contributed by atoms with van der Waals surface area (Å²) in [5.74, 6) is 0.590. The maximum absolute atomic E-state index is 12.1. The van der Waals surface area contributed by atoms with E-state index in [4.69, 9.17) is 10.8 Å². The quantitative estimate of drug-likeness (QED) is 0.518. The second kappa shape index (κ2) is 7.79. The van der Waals surface area contributed by atoms with Crippen molar-refractivity contribution in [1.82, 2.24) is 10.6 Å². The van der Waals surface area contributed by atoms with Gasteiger partial charge in [0.05, 0.1) is 6.61 Å². The fraction of sp³-hybridized carbons (Fsp3) is 0.533. The number of aliphatic hydroxyl groups is 1. The van der Waals surface area contributed by atoms with Crippen molar-refractivity contribution in [3.63, 3.8) is 0 Å². The third kappa shape index (κ3) is 3.77. The topological polar surface area (TPSA) is 87.4 Å². The summed E-state index contributed by atoms with van der Waals surface area (Å²) in [6.45, 7) is 2.20. The first-order chi connectivity index (χ1) is 10.2. The Bertz CT molecular complexity index is 449. The zero-order valence-corrected chi connectivity index (χ0v) is 12.9. The van der Waals surface area contributed by atoms with Crippen LogP contribution in [0.3, 0.4) is 0 Å². The van der Waals surface area contributed by atoms with Gasteiger partial charge < -0.3 is 16.2 Å². The van der Waals surface area contributed by atoms with E-state index in [-0.39, 0.29) is 18.4 Å². The summed E-state index contributed by atoms with van der Waals surface area (Å²) in [5, 5.41) is 15.3. The van der Waals surface area contributed by atoms with Crippen LogP contribution in [0.5, 0.6) is 0 Å². The molecule has 0 aliphatic carbocycles. The van der Waals surface area contributed by atoms with Gasteiger partial charge in [0, 0.05) is 24.8 Å². The van der Waals surface area contributed by atoms with Gasteiger partial charge in [0.1, 0.15) is 0 Å². The molecule has 0 spiro atoms. The smallest absolute Gasteiger partial charge is 0.248 e. The first-order valence-electron chi connectivity index (χ1n) is 7.26. The van der Waals surface area contributed by atoms with E-state index in [1.54, 1.807) is 11.8 Å². The van der Waals surface area contributed by atoms with E-state index in [0.29, 0.717) is 6.54 Å². The Kier molecular flexibility index (Phi) is 6.05. The summed E-state index contributed by atoms with van der Waals surface area (Å²) in [4.78, 5) is 11.4. The number of thioether (sulfide) groups is 1. The van der Waals surface area contributed by atoms with Gasteiger partial charge in [0.2, 0.25) is 5.91 Å². The zero-order valence-electron chi connectivity index (χ0n) is 12.0. The minimum absolute atomic E-state index is 0.00916. The number of amides is 1. The van der Waals surface area contributed by atoms with Gasteiger partial charge in [-0.15, -0.1) is 11.8 Å². The SMILES string of the molecule is NC(=O)C1(C(CCNCCO)c2ccccc2)NCCS1. The predicted octanol–water partition coefficient (Wildman–Crippen LogP) is 0.260. The molecule has 1 aromatic carbocycles. The number of hydrogen-bond donors (Lipinski definition) is 4. The van der Waals surface area contributed by atoms with Crippen molar-refractivity contribution in [2.45, 2.75) is 17.2 Å². The highest BCUT2D eigenvalue weighted by Crippen LogP contribution is 2.42. The average Bonchev–Trinajstić information content (AvgIpc) is 2.99. The monoisotopic (exact) mass is 309 g/mol. The lowest BCUT2D eigenvalue weighted by Crippen LogP contribution is -2.54. The number of hydrogen-bond acceptors (Lipinski definition) is 5. The van der Waals surface area contributed by atoms with Crippen molar-refractivity contribution in [1.29, 1.82) is 0 Å². The van der Waals surface area contributed by atoms with E-state index in [1.807, 2.05) is 30.3 Å². The van der Waals surface area contributed by atoms with Crippen LogP contribution in [0.2, 0.25) is 0 Å². The minimum Gasteiger partial charge on any atom is -0.395 e. The summed E-state index contributed by atoms with van der Waals surface area (Å²) in [6.07, 6.45) is 0.785. The molecule has 2 unspecified atom stereocenters. The van der Waals surface area contributed by atoms with E-state index in [0.717, 1.165) is 30.8 Å². The highest BCUT2D eigenvalue weighted by atomic mass is 32.2. The van der Waals surface area contributed by atoms with Crippen LogP contribution >= 0.6 is 11.8 Å². The number of benzene rings is 1. The molecule has 1 saturated heterocycles. The van der Waals surface area contributed by atoms with E-state index in [9.17, 15) is 4.79 Å². The van der Waals surface area contributed by atoms with Crippen LogP contribution in [0, 0.1) is 0 Å². The number of carbonyl (C=O) groups excluding carboxylic acids is 1. The molecule has 2 rings (SSSR count). The first kappa shape index (κ1) is 16.3. The maximum Gasteiger partial charge on any atom is 0.248 e. The molecule has 5 N–H and O–H groups in total. The van der Waals surface area contributed by atoms with Gasteiger partial charge in [-0.1, -0.05) is 30.3 Å². The fourth-order valence-electron chi connectivity index (χ4n) is 2.79. The van der Waals surface area contributed by atoms with Crippen LogP contribution in [-0.2, 0) is 4.79 Å². The van der Waals surface area contributed by atoms with Crippen molar-refractivity contribution in [3.05, 3.63) is 35.9 Å². The van der Waals surface area contributed by atoms with Crippen molar-refractivity contribution in [3.8, 4) is 0 Å². The lowest BCUT2D eigenvalue weighted by Gasteiger charge is -2.34. The second-order valence-corrected chi connectivity index (χ2v) is 6.44. The Hall–Kier alpha value is -1.08. The molecule has 116 valence electrons. The van der Waals surface area contributed by atoms with Gasteiger partial charge >= 0.3 is 0 Å². The third-order valence-corrected chi connectivity index (χ3v) is 5.27. The van der Waals surface area contributed by atoms with Crippen molar-refractivity contribution < 1.29 is 9.90 Å². The number of nitrogens with two attached hydrogens (primary N) is 1. The van der Waals surface area contributed by atoms with Crippen molar-refractivity contribution in [2.75, 3.05) is 32.0 Å². The molecular weight excluding hydrogens is 286 g/mol. The fourth-order valence-corrected chi connectivity index (χ4v) is 4.12. The number of nitrogens with one attached hydrogen (secondary N) is 2. The molecule has 0 aromatic heterocycles. The van der Waals surface area contributed by atoms with E-state index < -0.39 is 4.87 Å². The summed E-state index contributed by atoms with van der Waals surface area (Å²) < 4.78 is 0. The highest BCUT2D eigenvalue weighted by Gasteiger charge is 2.47. The number of aliphatic hydroxyl groups excluding tert-OH is 1. The van der Waals surface area contributed by atoms with Gasteiger partial charge in [0.15, 0.2) is 4.87 Å². The van der Waals surface area contributed by atoms with Gasteiger partial charge in [0.25, 0.3) is 0 Å². The number of carbonyl (C=O) groups is 1. The Labute approximate surface area is 129 Å². The van der Waals surface area contributed by atoms with Gasteiger partial charge in [-0.3, -0.25) is 10.1 Å². The molecule has 0 saturated carbocycles. The highest BCUT2D eigenvalue weighted by molar-refractivity contribution is 8.01. The Morgan fingerprint density at radius 1 is 1.43 bits per heavy atom. The minimum atomic E-state index is -0.734. The third-order valence-electron chi connectivity index (χ3n) is 3.78. The molecule has 1 aromatic rings. The number of rotatable bonds is 8. The summed E-state index contributed by atoms with van der Waals surface area (Å²) in [6, 6.07) is 10.0. The van der Waals surface area contributed by atoms with Gasteiger partial charge in [-0.25, -0.2) is 0 Å². The van der Waals surface area contributed by atoms with Crippen LogP contribution in [0.1, 0.15) is 17.9 Å². The van der Waals surface area contributed by atoms with E-state index >= 15 is 0 Å². The molecule has 1 aliphatic heterocycles. The molecule has 6 heteroatoms. The molecule has 0 bridgehead atoms. The lowest BCUT2D eigenvalue weighted by molar-refractivity contribution is -0.121. The van der Waals surface area contributed by atoms with Crippen LogP contribution in [0.25, 0.3) is 0 Å². The largest absolute Gasteiger partial charge is 0.395 e. The van der Waals surface area contributed by atoms with Crippen molar-refractivity contribution >= 4 is 17.7 Å². The summed E-state index contributed by atoms with van der Waals surface area (Å²) >= 11 is 1.60. The zero-order chi connectivity index (χ0) is 15.1. The van der Waals surface area contributed by atoms with Gasteiger partial charge in [-0.2, -0.15) is 0 Å². The molecule has 2 atom stereocenters. The molecule has 0 radical (unpaired) electrons. The van der Waals surface area contributed by atoms with E-state index in [2.05, 4.69) is 10.6 Å². The normalized spacial score (nSPS) is 23.1. The molecule has 21 heavy (non-hydrogen) atoms. The molecule has 5 nitrogen and oxygen atoms in total. The standard InChI is InChI=1S/C15H23N3O2S/c16-14(20)15(18-9-11-21-15)13(6-7-17-8-10-19)12-4-2-1-3-5-12/h1-5,13,17-19H,6-11H2,(H2,16,20). The molecule has 1 aliphatic rings. The van der Waals surface area contributed by atoms with E-state index in [1.165, 1.54) is 0 Å². The van der Waals surface area contributed by atoms with Crippen LogP contribution in [0.15, 0.2) is 30.3 Å². The summed E-state index contributed by atoms with van der Waals surface area (Å²) in [5.41, 5.74) is 6.83. The average molecular weight is 309 g/mol. The molecule has 1 amide bonds. The Morgan fingerprint density at radius 2 is 2.19 bits per heavy atom. The molecule has 1 fully saturated rings. The lowest BCUT2D eigenvalue weighted by atomic mass is 9.87. The predicted molar refractivity (Wildman–Crippen MR) is 86.1 cm³/mol. The van der Waals surface area contributed by atoms with Crippen LogP contribution in [0.4, 0.5) is 0 Å². The maximum atomic E-state index is 12.1.